The number of anilines is 1. The molecule has 0 aliphatic heterocycles. The van der Waals surface area contributed by atoms with Crippen molar-refractivity contribution in [1.29, 1.82) is 0 Å². The topological polar surface area (TPSA) is 64.6 Å². The highest BCUT2D eigenvalue weighted by molar-refractivity contribution is 7.18. The van der Waals surface area contributed by atoms with E-state index in [9.17, 15) is 9.59 Å². The van der Waals surface area contributed by atoms with Crippen LogP contribution in [0.5, 0.6) is 5.75 Å². The van der Waals surface area contributed by atoms with Crippen LogP contribution in [0.3, 0.4) is 0 Å². The number of benzene rings is 1. The van der Waals surface area contributed by atoms with E-state index in [1.54, 1.807) is 32.0 Å². The number of halogens is 1. The number of carbonyl (C=O) groups excluding carboxylic acids is 2. The molecule has 0 saturated carbocycles. The van der Waals surface area contributed by atoms with Gasteiger partial charge in [-0.3, -0.25) is 4.79 Å². The van der Waals surface area contributed by atoms with Gasteiger partial charge in [-0.15, -0.1) is 11.3 Å². The van der Waals surface area contributed by atoms with Gasteiger partial charge in [0.25, 0.3) is 5.91 Å². The van der Waals surface area contributed by atoms with Gasteiger partial charge in [0.05, 0.1) is 24.3 Å². The molecule has 0 saturated heterocycles. The smallest absolute Gasteiger partial charge is 0.348 e. The molecule has 0 fully saturated rings. The average molecular weight is 354 g/mol. The highest BCUT2D eigenvalue weighted by atomic mass is 35.5. The molecule has 0 atom stereocenters. The van der Waals surface area contributed by atoms with Crippen LogP contribution >= 0.6 is 22.9 Å². The Morgan fingerprint density at radius 3 is 2.70 bits per heavy atom. The van der Waals surface area contributed by atoms with Crippen molar-refractivity contribution in [3.8, 4) is 5.75 Å². The Balaban J connectivity index is 2.23. The predicted molar refractivity (Wildman–Crippen MR) is 91.0 cm³/mol. The van der Waals surface area contributed by atoms with Crippen molar-refractivity contribution in [1.82, 2.24) is 0 Å². The summed E-state index contributed by atoms with van der Waals surface area (Å²) in [5.41, 5.74) is 1.07. The van der Waals surface area contributed by atoms with Crippen molar-refractivity contribution < 1.29 is 19.1 Å². The number of thiophene rings is 1. The van der Waals surface area contributed by atoms with Gasteiger partial charge >= 0.3 is 5.97 Å². The standard InChI is InChI=1S/C16H16ClNO4S/c1-4-22-16(20)14-9(2)7-13(23-14)18-15(19)11-8-10(17)5-6-12(11)21-3/h5-8H,4H2,1-3H3,(H,18,19). The fraction of sp³-hybridized carbons (Fsp3) is 0.250. The van der Waals surface area contributed by atoms with E-state index in [0.29, 0.717) is 32.8 Å². The second kappa shape index (κ2) is 7.48. The molecule has 1 N–H and O–H groups in total. The number of hydrogen-bond acceptors (Lipinski definition) is 5. The normalized spacial score (nSPS) is 10.3. The molecular weight excluding hydrogens is 338 g/mol. The van der Waals surface area contributed by atoms with E-state index in [2.05, 4.69) is 5.32 Å². The zero-order valence-corrected chi connectivity index (χ0v) is 14.5. The van der Waals surface area contributed by atoms with Crippen molar-refractivity contribution in [2.75, 3.05) is 19.0 Å². The summed E-state index contributed by atoms with van der Waals surface area (Å²) in [6.45, 7) is 3.84. The van der Waals surface area contributed by atoms with Gasteiger partial charge in [0.2, 0.25) is 0 Å². The van der Waals surface area contributed by atoms with Crippen LogP contribution in [0.25, 0.3) is 0 Å². The summed E-state index contributed by atoms with van der Waals surface area (Å²) in [4.78, 5) is 24.7. The summed E-state index contributed by atoms with van der Waals surface area (Å²) >= 11 is 7.10. The highest BCUT2D eigenvalue weighted by Gasteiger charge is 2.18. The predicted octanol–water partition coefficient (Wildman–Crippen LogP) is 4.15. The quantitative estimate of drug-likeness (QED) is 0.820. The SMILES string of the molecule is CCOC(=O)c1sc(NC(=O)c2cc(Cl)ccc2OC)cc1C. The number of amides is 1. The van der Waals surface area contributed by atoms with E-state index in [4.69, 9.17) is 21.1 Å². The van der Waals surface area contributed by atoms with Gasteiger partial charge in [-0.1, -0.05) is 11.6 Å². The van der Waals surface area contributed by atoms with Crippen LogP contribution in [-0.4, -0.2) is 25.6 Å². The van der Waals surface area contributed by atoms with Crippen molar-refractivity contribution in [3.05, 3.63) is 45.3 Å². The van der Waals surface area contributed by atoms with Crippen LogP contribution in [-0.2, 0) is 4.74 Å². The molecule has 0 unspecified atom stereocenters. The Hall–Kier alpha value is -2.05. The third-order valence-electron chi connectivity index (χ3n) is 3.02. The third kappa shape index (κ3) is 4.03. The molecule has 0 spiro atoms. The monoisotopic (exact) mass is 353 g/mol. The first-order valence-corrected chi connectivity index (χ1v) is 8.08. The molecule has 0 aliphatic carbocycles. The van der Waals surface area contributed by atoms with Crippen LogP contribution in [0.2, 0.25) is 5.02 Å². The molecule has 2 aromatic rings. The van der Waals surface area contributed by atoms with E-state index in [0.717, 1.165) is 5.56 Å². The molecule has 7 heteroatoms. The van der Waals surface area contributed by atoms with Crippen LogP contribution in [0.4, 0.5) is 5.00 Å². The first-order chi connectivity index (χ1) is 11.0. The summed E-state index contributed by atoms with van der Waals surface area (Å²) < 4.78 is 10.2. The Kier molecular flexibility index (Phi) is 5.63. The van der Waals surface area contributed by atoms with Gasteiger partial charge in [-0.05, 0) is 43.7 Å². The molecule has 1 amide bonds. The summed E-state index contributed by atoms with van der Waals surface area (Å²) in [6, 6.07) is 6.53. The third-order valence-corrected chi connectivity index (χ3v) is 4.39. The number of nitrogens with one attached hydrogen (secondary N) is 1. The Labute approximate surface area is 143 Å². The fourth-order valence-corrected chi connectivity index (χ4v) is 3.11. The second-order valence-corrected chi connectivity index (χ2v) is 6.13. The number of aryl methyl sites for hydroxylation is 1. The zero-order valence-electron chi connectivity index (χ0n) is 12.9. The average Bonchev–Trinajstić information content (AvgIpc) is 2.88. The Bertz CT molecular complexity index is 742. The van der Waals surface area contributed by atoms with Crippen molar-refractivity contribution in [2.24, 2.45) is 0 Å². The van der Waals surface area contributed by atoms with E-state index in [1.165, 1.54) is 24.5 Å². The maximum absolute atomic E-state index is 12.4. The minimum absolute atomic E-state index is 0.303. The zero-order chi connectivity index (χ0) is 17.0. The molecule has 1 aromatic carbocycles. The van der Waals surface area contributed by atoms with Crippen molar-refractivity contribution in [3.63, 3.8) is 0 Å². The van der Waals surface area contributed by atoms with Gasteiger partial charge in [0, 0.05) is 5.02 Å². The Morgan fingerprint density at radius 2 is 2.04 bits per heavy atom. The lowest BCUT2D eigenvalue weighted by molar-refractivity contribution is 0.0531. The van der Waals surface area contributed by atoms with Gasteiger partial charge in [-0.2, -0.15) is 0 Å². The first kappa shape index (κ1) is 17.3. The van der Waals surface area contributed by atoms with E-state index in [1.807, 2.05) is 0 Å². The van der Waals surface area contributed by atoms with E-state index >= 15 is 0 Å². The molecule has 122 valence electrons. The largest absolute Gasteiger partial charge is 0.496 e. The van der Waals surface area contributed by atoms with Gasteiger partial charge in [-0.25, -0.2) is 4.79 Å². The van der Waals surface area contributed by atoms with E-state index in [-0.39, 0.29) is 5.91 Å². The van der Waals surface area contributed by atoms with E-state index < -0.39 is 5.97 Å². The fourth-order valence-electron chi connectivity index (χ4n) is 1.98. The number of rotatable bonds is 5. The molecule has 1 heterocycles. The van der Waals surface area contributed by atoms with Crippen LogP contribution in [0.1, 0.15) is 32.5 Å². The summed E-state index contributed by atoms with van der Waals surface area (Å²) in [5.74, 6) is -0.331. The van der Waals surface area contributed by atoms with Crippen molar-refractivity contribution in [2.45, 2.75) is 13.8 Å². The molecule has 0 radical (unpaired) electrons. The van der Waals surface area contributed by atoms with Crippen LogP contribution in [0, 0.1) is 6.92 Å². The molecule has 0 aliphatic rings. The molecule has 23 heavy (non-hydrogen) atoms. The molecule has 0 bridgehead atoms. The highest BCUT2D eigenvalue weighted by Crippen LogP contribution is 2.29. The lowest BCUT2D eigenvalue weighted by Gasteiger charge is -2.08. The van der Waals surface area contributed by atoms with Crippen LogP contribution in [0.15, 0.2) is 24.3 Å². The lowest BCUT2D eigenvalue weighted by atomic mass is 10.2. The lowest BCUT2D eigenvalue weighted by Crippen LogP contribution is -2.12. The van der Waals surface area contributed by atoms with Crippen molar-refractivity contribution >= 4 is 39.8 Å². The number of carbonyl (C=O) groups is 2. The second-order valence-electron chi connectivity index (χ2n) is 4.64. The molecule has 2 rings (SSSR count). The Morgan fingerprint density at radius 1 is 1.30 bits per heavy atom. The minimum Gasteiger partial charge on any atom is -0.496 e. The molecule has 1 aromatic heterocycles. The summed E-state index contributed by atoms with van der Waals surface area (Å²) in [7, 11) is 1.48. The molecule has 5 nitrogen and oxygen atoms in total. The minimum atomic E-state index is -0.393. The maximum Gasteiger partial charge on any atom is 0.348 e. The maximum atomic E-state index is 12.4. The molecular formula is C16H16ClNO4S. The van der Waals surface area contributed by atoms with Crippen LogP contribution < -0.4 is 10.1 Å². The number of esters is 1. The summed E-state index contributed by atoms with van der Waals surface area (Å²) in [6.07, 6.45) is 0. The number of methoxy groups -OCH3 is 1. The number of ether oxygens (including phenoxy) is 2. The summed E-state index contributed by atoms with van der Waals surface area (Å²) in [5, 5.41) is 3.74. The first-order valence-electron chi connectivity index (χ1n) is 6.88. The number of hydrogen-bond donors (Lipinski definition) is 1. The van der Waals surface area contributed by atoms with Gasteiger partial charge in [0.15, 0.2) is 0 Å². The van der Waals surface area contributed by atoms with Gasteiger partial charge in [0.1, 0.15) is 10.6 Å². The van der Waals surface area contributed by atoms with Gasteiger partial charge < -0.3 is 14.8 Å².